The Morgan fingerprint density at radius 3 is 2.38 bits per heavy atom. The first-order valence-corrected chi connectivity index (χ1v) is 9.72. The second kappa shape index (κ2) is 6.94. The van der Waals surface area contributed by atoms with Gasteiger partial charge in [0.05, 0.1) is 6.04 Å². The zero-order valence-electron chi connectivity index (χ0n) is 12.8. The van der Waals surface area contributed by atoms with Gasteiger partial charge in [0.25, 0.3) is 5.91 Å². The molecule has 1 aromatic rings. The van der Waals surface area contributed by atoms with Gasteiger partial charge in [-0.3, -0.25) is 9.59 Å². The first kappa shape index (κ1) is 18.5. The van der Waals surface area contributed by atoms with E-state index in [1.54, 1.807) is 24.3 Å². The molecule has 1 atom stereocenters. The highest BCUT2D eigenvalue weighted by atomic mass is 79.9. The van der Waals surface area contributed by atoms with E-state index in [2.05, 4.69) is 15.9 Å². The zero-order valence-corrected chi connectivity index (χ0v) is 15.2. The summed E-state index contributed by atoms with van der Waals surface area (Å²) < 4.78 is 24.9. The van der Waals surface area contributed by atoms with Crippen molar-refractivity contribution in [3.63, 3.8) is 0 Å². The third kappa shape index (κ3) is 3.78. The Bertz CT molecular complexity index is 800. The van der Waals surface area contributed by atoms with Crippen molar-refractivity contribution in [3.8, 4) is 0 Å². The molecule has 1 unspecified atom stereocenters. The Hall–Kier alpha value is -1.87. The van der Waals surface area contributed by atoms with Crippen molar-refractivity contribution in [1.29, 1.82) is 0 Å². The number of amides is 1. The number of carbonyl (C=O) groups is 2. The summed E-state index contributed by atoms with van der Waals surface area (Å²) in [5, 5.41) is 18.8. The summed E-state index contributed by atoms with van der Waals surface area (Å²) >= 11 is 3.28. The fraction of sp³-hybridized carbons (Fsp3) is 0.333. The fourth-order valence-corrected chi connectivity index (χ4v) is 3.99. The maximum atomic E-state index is 12.3. The Morgan fingerprint density at radius 2 is 1.88 bits per heavy atom. The van der Waals surface area contributed by atoms with Gasteiger partial charge in [-0.05, 0) is 24.1 Å². The number of sulfone groups is 1. The van der Waals surface area contributed by atoms with E-state index >= 15 is 0 Å². The standard InChI is InChI=1S/C15H16BrNO6S/c1-24(22,23)14-12(9-4-6-10(16)7-5-9)17(15(21)13(14)20)8-2-3-11(18)19/h4-7,12,20H,2-3,8H2,1H3,(H,18,19). The molecule has 130 valence electrons. The topological polar surface area (TPSA) is 112 Å². The number of halogens is 1. The molecule has 0 spiro atoms. The van der Waals surface area contributed by atoms with Gasteiger partial charge in [-0.1, -0.05) is 28.1 Å². The number of aliphatic carboxylic acids is 1. The molecular formula is C15H16BrNO6S. The molecule has 7 nitrogen and oxygen atoms in total. The molecule has 9 heteroatoms. The Kier molecular flexibility index (Phi) is 5.34. The summed E-state index contributed by atoms with van der Waals surface area (Å²) in [6.45, 7) is 0.0228. The van der Waals surface area contributed by atoms with E-state index in [0.29, 0.717) is 5.56 Å². The van der Waals surface area contributed by atoms with Crippen LogP contribution in [0.3, 0.4) is 0 Å². The molecule has 0 bridgehead atoms. The van der Waals surface area contributed by atoms with Gasteiger partial charge in [-0.15, -0.1) is 0 Å². The van der Waals surface area contributed by atoms with Crippen LogP contribution < -0.4 is 0 Å². The number of rotatable bonds is 6. The number of hydrogen-bond donors (Lipinski definition) is 2. The van der Waals surface area contributed by atoms with Crippen LogP contribution in [-0.4, -0.2) is 48.2 Å². The minimum absolute atomic E-state index is 0.0228. The minimum Gasteiger partial charge on any atom is -0.502 e. The number of nitrogens with zero attached hydrogens (tertiary/aromatic N) is 1. The third-order valence-electron chi connectivity index (χ3n) is 3.63. The number of aliphatic hydroxyl groups is 1. The highest BCUT2D eigenvalue weighted by molar-refractivity contribution is 9.10. The molecule has 0 saturated carbocycles. The summed E-state index contributed by atoms with van der Waals surface area (Å²) in [6, 6.07) is 5.73. The number of benzene rings is 1. The maximum absolute atomic E-state index is 12.3. The van der Waals surface area contributed by atoms with Crippen molar-refractivity contribution in [2.75, 3.05) is 12.8 Å². The predicted molar refractivity (Wildman–Crippen MR) is 90.0 cm³/mol. The average molecular weight is 418 g/mol. The van der Waals surface area contributed by atoms with Crippen LogP contribution in [-0.2, 0) is 19.4 Å². The highest BCUT2D eigenvalue weighted by Crippen LogP contribution is 2.40. The molecule has 1 heterocycles. The summed E-state index contributed by atoms with van der Waals surface area (Å²) in [6.07, 6.45) is 0.919. The largest absolute Gasteiger partial charge is 0.502 e. The van der Waals surface area contributed by atoms with Crippen molar-refractivity contribution in [2.45, 2.75) is 18.9 Å². The first-order chi connectivity index (χ1) is 11.1. The summed E-state index contributed by atoms with van der Waals surface area (Å²) in [5.41, 5.74) is 0.520. The minimum atomic E-state index is -3.83. The molecule has 2 rings (SSSR count). The summed E-state index contributed by atoms with van der Waals surface area (Å²) in [7, 11) is -3.83. The Morgan fingerprint density at radius 1 is 1.29 bits per heavy atom. The van der Waals surface area contributed by atoms with Crippen molar-refractivity contribution in [3.05, 3.63) is 45.0 Å². The molecular weight excluding hydrogens is 402 g/mol. The molecule has 0 saturated heterocycles. The molecule has 1 aliphatic rings. The SMILES string of the molecule is CS(=O)(=O)C1=C(O)C(=O)N(CCCC(=O)O)C1c1ccc(Br)cc1. The number of carboxylic acid groups (broad SMARTS) is 1. The van der Waals surface area contributed by atoms with E-state index in [9.17, 15) is 23.1 Å². The lowest BCUT2D eigenvalue weighted by Crippen LogP contribution is -2.32. The second-order valence-electron chi connectivity index (χ2n) is 5.43. The normalized spacial score (nSPS) is 18.3. The van der Waals surface area contributed by atoms with Gasteiger partial charge in [0.2, 0.25) is 0 Å². The van der Waals surface area contributed by atoms with Gasteiger partial charge in [0.1, 0.15) is 4.91 Å². The molecule has 24 heavy (non-hydrogen) atoms. The van der Waals surface area contributed by atoms with Crippen molar-refractivity contribution in [2.24, 2.45) is 0 Å². The van der Waals surface area contributed by atoms with Crippen LogP contribution >= 0.6 is 15.9 Å². The van der Waals surface area contributed by atoms with E-state index in [4.69, 9.17) is 5.11 Å². The lowest BCUT2D eigenvalue weighted by atomic mass is 10.1. The molecule has 1 aromatic carbocycles. The third-order valence-corrected chi connectivity index (χ3v) is 5.38. The number of carbonyl (C=O) groups excluding carboxylic acids is 1. The van der Waals surface area contributed by atoms with Gasteiger partial charge in [0, 0.05) is 23.7 Å². The lowest BCUT2D eigenvalue weighted by Gasteiger charge is -2.26. The molecule has 0 fully saturated rings. The monoisotopic (exact) mass is 417 g/mol. The van der Waals surface area contributed by atoms with Gasteiger partial charge < -0.3 is 15.1 Å². The summed E-state index contributed by atoms with van der Waals surface area (Å²) in [4.78, 5) is 23.8. The van der Waals surface area contributed by atoms with Crippen molar-refractivity contribution >= 4 is 37.6 Å². The number of hydrogen-bond acceptors (Lipinski definition) is 5. The van der Waals surface area contributed by atoms with E-state index in [0.717, 1.165) is 10.7 Å². The van der Waals surface area contributed by atoms with Crippen LogP contribution in [0.15, 0.2) is 39.4 Å². The molecule has 1 aliphatic heterocycles. The van der Waals surface area contributed by atoms with Gasteiger partial charge in [0.15, 0.2) is 15.6 Å². The maximum Gasteiger partial charge on any atom is 0.303 e. The van der Waals surface area contributed by atoms with Crippen molar-refractivity contribution in [1.82, 2.24) is 4.90 Å². The molecule has 0 radical (unpaired) electrons. The molecule has 1 amide bonds. The highest BCUT2D eigenvalue weighted by Gasteiger charge is 2.44. The van der Waals surface area contributed by atoms with Gasteiger partial charge in [-0.25, -0.2) is 8.42 Å². The van der Waals surface area contributed by atoms with Crippen LogP contribution in [0, 0.1) is 0 Å². The van der Waals surface area contributed by atoms with Crippen LogP contribution in [0.4, 0.5) is 0 Å². The summed E-state index contributed by atoms with van der Waals surface area (Å²) in [5.74, 6) is -2.63. The van der Waals surface area contributed by atoms with E-state index in [1.807, 2.05) is 0 Å². The molecule has 0 aliphatic carbocycles. The van der Waals surface area contributed by atoms with Crippen LogP contribution in [0.1, 0.15) is 24.4 Å². The lowest BCUT2D eigenvalue weighted by molar-refractivity contribution is -0.138. The van der Waals surface area contributed by atoms with Crippen LogP contribution in [0.2, 0.25) is 0 Å². The average Bonchev–Trinajstić information content (AvgIpc) is 2.72. The Balaban J connectivity index is 2.45. The quantitative estimate of drug-likeness (QED) is 0.731. The molecule has 0 aromatic heterocycles. The fourth-order valence-electron chi connectivity index (χ4n) is 2.62. The predicted octanol–water partition coefficient (Wildman–Crippen LogP) is 2.01. The van der Waals surface area contributed by atoms with E-state index < -0.39 is 33.5 Å². The zero-order chi connectivity index (χ0) is 18.1. The van der Waals surface area contributed by atoms with Crippen molar-refractivity contribution < 1.29 is 28.2 Å². The van der Waals surface area contributed by atoms with E-state index in [1.165, 1.54) is 4.90 Å². The Labute approximate surface area is 147 Å². The first-order valence-electron chi connectivity index (χ1n) is 7.04. The number of carboxylic acids is 1. The van der Waals surface area contributed by atoms with E-state index in [-0.39, 0.29) is 24.3 Å². The second-order valence-corrected chi connectivity index (χ2v) is 8.33. The molecule has 2 N–H and O–H groups in total. The van der Waals surface area contributed by atoms with Gasteiger partial charge in [-0.2, -0.15) is 0 Å². The van der Waals surface area contributed by atoms with Crippen LogP contribution in [0.5, 0.6) is 0 Å². The van der Waals surface area contributed by atoms with Crippen LogP contribution in [0.25, 0.3) is 0 Å². The van der Waals surface area contributed by atoms with Gasteiger partial charge >= 0.3 is 5.97 Å². The number of aliphatic hydroxyl groups excluding tert-OH is 1. The smallest absolute Gasteiger partial charge is 0.303 e.